The van der Waals surface area contributed by atoms with Gasteiger partial charge in [0.2, 0.25) is 0 Å². The van der Waals surface area contributed by atoms with Crippen LogP contribution in [0.3, 0.4) is 0 Å². The number of hydrogen-bond acceptors (Lipinski definition) is 8. The Morgan fingerprint density at radius 1 is 1.11 bits per heavy atom. The van der Waals surface area contributed by atoms with Crippen LogP contribution < -0.4 is 10.6 Å². The van der Waals surface area contributed by atoms with Crippen molar-refractivity contribution in [3.05, 3.63) is 58.8 Å². The molecule has 11 heteroatoms. The van der Waals surface area contributed by atoms with Crippen molar-refractivity contribution in [2.45, 2.75) is 109 Å². The Hall–Kier alpha value is -3.86. The van der Waals surface area contributed by atoms with E-state index in [1.165, 1.54) is 10.5 Å². The number of amides is 2. The van der Waals surface area contributed by atoms with Crippen molar-refractivity contribution < 1.29 is 33.7 Å². The van der Waals surface area contributed by atoms with Crippen LogP contribution in [0.15, 0.2) is 36.4 Å². The topological polar surface area (TPSA) is 139 Å². The fraction of sp³-hybridized carbons (Fsp3) is 0.611. The second-order valence-corrected chi connectivity index (χ2v) is 14.5. The molecule has 1 atom stereocenters. The summed E-state index contributed by atoms with van der Waals surface area (Å²) in [5.41, 5.74) is 2.47. The first kappa shape index (κ1) is 34.5. The van der Waals surface area contributed by atoms with Gasteiger partial charge in [0, 0.05) is 25.3 Å². The van der Waals surface area contributed by atoms with Crippen LogP contribution in [-0.4, -0.2) is 77.1 Å². The smallest absolute Gasteiger partial charge is 0.410 e. The number of nitrogens with one attached hydrogen (secondary N) is 2. The zero-order valence-corrected chi connectivity index (χ0v) is 28.3. The Morgan fingerprint density at radius 2 is 1.83 bits per heavy atom. The summed E-state index contributed by atoms with van der Waals surface area (Å²) in [5.74, 6) is 0.744. The molecule has 1 aromatic heterocycles. The van der Waals surface area contributed by atoms with E-state index in [0.717, 1.165) is 67.7 Å². The van der Waals surface area contributed by atoms with Gasteiger partial charge in [-0.3, -0.25) is 4.90 Å². The number of carboxylic acid groups (broad SMARTS) is 1. The number of hydrogen-bond donors (Lipinski definition) is 3. The van der Waals surface area contributed by atoms with Gasteiger partial charge < -0.3 is 30.0 Å². The van der Waals surface area contributed by atoms with Crippen molar-refractivity contribution in [3.8, 4) is 0 Å². The van der Waals surface area contributed by atoms with Crippen LogP contribution in [0.4, 0.5) is 15.4 Å². The normalized spacial score (nSPS) is 20.6. The van der Waals surface area contributed by atoms with Crippen LogP contribution in [0.1, 0.15) is 95.0 Å². The average Bonchev–Trinajstić information content (AvgIpc) is 2.97. The van der Waals surface area contributed by atoms with Gasteiger partial charge in [0.05, 0.1) is 19.2 Å². The number of anilines is 1. The lowest BCUT2D eigenvalue weighted by atomic mass is 9.79. The first-order valence-electron chi connectivity index (χ1n) is 17.0. The summed E-state index contributed by atoms with van der Waals surface area (Å²) >= 11 is 0. The van der Waals surface area contributed by atoms with Crippen LogP contribution in [-0.2, 0) is 37.4 Å². The summed E-state index contributed by atoms with van der Waals surface area (Å²) in [6, 6.07) is 10.9. The average molecular weight is 651 g/mol. The molecule has 3 heterocycles. The van der Waals surface area contributed by atoms with Gasteiger partial charge in [-0.25, -0.2) is 19.4 Å². The number of carbonyl (C=O) groups is 3. The number of ether oxygens (including phenoxy) is 3. The Labute approximate surface area is 277 Å². The monoisotopic (exact) mass is 650 g/mol. The molecule has 2 aromatic rings. The zero-order chi connectivity index (χ0) is 33.8. The summed E-state index contributed by atoms with van der Waals surface area (Å²) in [6.07, 6.45) is 4.91. The third kappa shape index (κ3) is 8.94. The third-order valence-electron chi connectivity index (χ3n) is 9.24. The minimum absolute atomic E-state index is 0.0884. The van der Waals surface area contributed by atoms with E-state index in [1.807, 2.05) is 24.3 Å². The lowest BCUT2D eigenvalue weighted by Gasteiger charge is -2.49. The summed E-state index contributed by atoms with van der Waals surface area (Å²) < 4.78 is 17.4. The highest BCUT2D eigenvalue weighted by molar-refractivity contribution is 5.80. The molecule has 0 bridgehead atoms. The molecule has 0 unspecified atom stereocenters. The molecular weight excluding hydrogens is 600 g/mol. The molecule has 1 aliphatic carbocycles. The van der Waals surface area contributed by atoms with E-state index >= 15 is 0 Å². The standard InChI is InChI=1S/C36H50N4O7/c1-23(2)25-9-12-27(13-10-25)36(21-40(22-36)34(44)47-35(3,4)5)46-33(43)39-30(32(41)42)16-18-45-29-19-24(20-29)8-14-28-15-11-26-7-6-17-37-31(26)38-28/h9-13,15,23-24,29-30H,6-8,14,16-22H2,1-5H3,(H,37,38)(H,39,43)(H,41,42)/t24?,29?,30-/m0/s1. The van der Waals surface area contributed by atoms with E-state index < -0.39 is 35.4 Å². The maximum atomic E-state index is 13.1. The van der Waals surface area contributed by atoms with Crippen molar-refractivity contribution >= 4 is 24.0 Å². The van der Waals surface area contributed by atoms with E-state index in [9.17, 15) is 19.5 Å². The molecule has 256 valence electrons. The van der Waals surface area contributed by atoms with Crippen LogP contribution in [0, 0.1) is 5.92 Å². The van der Waals surface area contributed by atoms with Gasteiger partial charge in [0.25, 0.3) is 0 Å². The van der Waals surface area contributed by atoms with E-state index in [2.05, 4.69) is 36.6 Å². The number of nitrogens with zero attached hydrogens (tertiary/aromatic N) is 2. The number of carbonyl (C=O) groups excluding carboxylic acids is 2. The molecule has 1 aromatic carbocycles. The predicted molar refractivity (Wildman–Crippen MR) is 178 cm³/mol. The Balaban J connectivity index is 1.08. The SMILES string of the molecule is CC(C)c1ccc(C2(OC(=O)N[C@@H](CCOC3CC(CCc4ccc5c(n4)NCCC5)C3)C(=O)O)CN(C(=O)OC(C)(C)C)C2)cc1. The van der Waals surface area contributed by atoms with Crippen LogP contribution in [0.2, 0.25) is 0 Å². The number of pyridine rings is 1. The van der Waals surface area contributed by atoms with Crippen molar-refractivity contribution in [2.24, 2.45) is 5.92 Å². The highest BCUT2D eigenvalue weighted by Crippen LogP contribution is 2.38. The molecule has 3 aliphatic rings. The van der Waals surface area contributed by atoms with Gasteiger partial charge in [-0.2, -0.15) is 0 Å². The molecule has 3 N–H and O–H groups in total. The number of rotatable bonds is 12. The molecule has 2 amide bonds. The van der Waals surface area contributed by atoms with E-state index in [0.29, 0.717) is 11.8 Å². The molecule has 0 spiro atoms. The van der Waals surface area contributed by atoms with Crippen LogP contribution >= 0.6 is 0 Å². The van der Waals surface area contributed by atoms with E-state index in [4.69, 9.17) is 19.2 Å². The lowest BCUT2D eigenvalue weighted by molar-refractivity contribution is -0.141. The lowest BCUT2D eigenvalue weighted by Crippen LogP contribution is -2.64. The maximum absolute atomic E-state index is 13.1. The molecule has 47 heavy (non-hydrogen) atoms. The van der Waals surface area contributed by atoms with Gasteiger partial charge in [0.15, 0.2) is 5.60 Å². The Kier molecular flexibility index (Phi) is 10.6. The summed E-state index contributed by atoms with van der Waals surface area (Å²) in [6.45, 7) is 10.9. The fourth-order valence-electron chi connectivity index (χ4n) is 6.37. The van der Waals surface area contributed by atoms with E-state index in [-0.39, 0.29) is 32.2 Å². The highest BCUT2D eigenvalue weighted by atomic mass is 16.6. The predicted octanol–water partition coefficient (Wildman–Crippen LogP) is 6.01. The molecule has 1 saturated carbocycles. The number of carboxylic acids is 1. The van der Waals surface area contributed by atoms with Crippen LogP contribution in [0.25, 0.3) is 0 Å². The number of likely N-dealkylation sites (tertiary alicyclic amines) is 1. The minimum Gasteiger partial charge on any atom is -0.480 e. The van der Waals surface area contributed by atoms with E-state index in [1.54, 1.807) is 20.8 Å². The highest BCUT2D eigenvalue weighted by Gasteiger charge is 2.51. The molecule has 0 radical (unpaired) electrons. The first-order valence-corrected chi connectivity index (χ1v) is 17.0. The van der Waals surface area contributed by atoms with Crippen molar-refractivity contribution in [1.29, 1.82) is 0 Å². The third-order valence-corrected chi connectivity index (χ3v) is 9.24. The molecule has 11 nitrogen and oxygen atoms in total. The molecule has 5 rings (SSSR count). The molecule has 2 aliphatic heterocycles. The largest absolute Gasteiger partial charge is 0.480 e. The summed E-state index contributed by atoms with van der Waals surface area (Å²) in [5, 5.41) is 15.7. The van der Waals surface area contributed by atoms with Gasteiger partial charge in [0.1, 0.15) is 17.5 Å². The fourth-order valence-corrected chi connectivity index (χ4v) is 6.37. The second kappa shape index (κ2) is 14.5. The van der Waals surface area contributed by atoms with Gasteiger partial charge >= 0.3 is 18.2 Å². The number of benzene rings is 1. The molecule has 1 saturated heterocycles. The Morgan fingerprint density at radius 3 is 2.49 bits per heavy atom. The number of aromatic nitrogens is 1. The van der Waals surface area contributed by atoms with Crippen molar-refractivity contribution in [1.82, 2.24) is 15.2 Å². The van der Waals surface area contributed by atoms with Crippen LogP contribution in [0.5, 0.6) is 0 Å². The Bertz CT molecular complexity index is 1410. The number of fused-ring (bicyclic) bond motifs is 1. The van der Waals surface area contributed by atoms with Crippen molar-refractivity contribution in [2.75, 3.05) is 31.6 Å². The number of aryl methyl sites for hydroxylation is 2. The minimum atomic E-state index is -1.18. The van der Waals surface area contributed by atoms with Gasteiger partial charge in [-0.15, -0.1) is 0 Å². The summed E-state index contributed by atoms with van der Waals surface area (Å²) in [4.78, 5) is 44.1. The van der Waals surface area contributed by atoms with Crippen molar-refractivity contribution in [3.63, 3.8) is 0 Å². The molecule has 2 fully saturated rings. The number of alkyl carbamates (subject to hydrolysis) is 1. The number of aliphatic carboxylic acids is 1. The molecular formula is C36H50N4O7. The quantitative estimate of drug-likeness (QED) is 0.252. The maximum Gasteiger partial charge on any atom is 0.410 e. The van der Waals surface area contributed by atoms with Gasteiger partial charge in [-0.1, -0.05) is 44.2 Å². The zero-order valence-electron chi connectivity index (χ0n) is 28.3. The first-order chi connectivity index (χ1) is 22.3. The second-order valence-electron chi connectivity index (χ2n) is 14.5. The summed E-state index contributed by atoms with van der Waals surface area (Å²) in [7, 11) is 0. The van der Waals surface area contributed by atoms with Gasteiger partial charge in [-0.05, 0) is 93.9 Å².